The Morgan fingerprint density at radius 3 is 2.83 bits per heavy atom. The van der Waals surface area contributed by atoms with E-state index in [4.69, 9.17) is 4.74 Å². The molecular formula is C13H20N2O2S. The molecule has 0 spiro atoms. The van der Waals surface area contributed by atoms with Crippen molar-refractivity contribution in [3.05, 3.63) is 16.6 Å². The van der Waals surface area contributed by atoms with Crippen LogP contribution in [-0.4, -0.2) is 47.5 Å². The fourth-order valence-corrected chi connectivity index (χ4v) is 2.93. The van der Waals surface area contributed by atoms with Crippen LogP contribution in [0.15, 0.2) is 11.7 Å². The minimum absolute atomic E-state index is 0.288. The highest BCUT2D eigenvalue weighted by Gasteiger charge is 2.37. The Morgan fingerprint density at radius 1 is 1.56 bits per heavy atom. The van der Waals surface area contributed by atoms with Crippen molar-refractivity contribution < 1.29 is 9.53 Å². The molecule has 1 aliphatic rings. The number of thiazole rings is 1. The van der Waals surface area contributed by atoms with Crippen LogP contribution in [0.2, 0.25) is 0 Å². The van der Waals surface area contributed by atoms with Crippen molar-refractivity contribution in [1.82, 2.24) is 9.88 Å². The number of nitrogens with zero attached hydrogens (tertiary/aromatic N) is 2. The quantitative estimate of drug-likeness (QED) is 0.816. The van der Waals surface area contributed by atoms with Crippen LogP contribution in [0.3, 0.4) is 0 Å². The summed E-state index contributed by atoms with van der Waals surface area (Å²) >= 11 is 1.55. The molecule has 4 nitrogen and oxygen atoms in total. The van der Waals surface area contributed by atoms with E-state index in [9.17, 15) is 4.79 Å². The van der Waals surface area contributed by atoms with Gasteiger partial charge in [0.1, 0.15) is 0 Å². The summed E-state index contributed by atoms with van der Waals surface area (Å²) in [6.45, 7) is 7.28. The van der Waals surface area contributed by atoms with E-state index in [1.165, 1.54) is 0 Å². The van der Waals surface area contributed by atoms with Crippen LogP contribution in [-0.2, 0) is 16.0 Å². The van der Waals surface area contributed by atoms with E-state index in [1.807, 2.05) is 0 Å². The molecule has 1 saturated heterocycles. The zero-order valence-corrected chi connectivity index (χ0v) is 11.8. The SMILES string of the molecule is CCC(C)(C(=O)Cc1cncs1)N1CCOCC1. The van der Waals surface area contributed by atoms with Gasteiger partial charge in [-0.1, -0.05) is 6.92 Å². The predicted octanol–water partition coefficient (Wildman–Crippen LogP) is 1.76. The number of hydrogen-bond acceptors (Lipinski definition) is 5. The number of morpholine rings is 1. The molecule has 5 heteroatoms. The van der Waals surface area contributed by atoms with Gasteiger partial charge < -0.3 is 4.74 Å². The van der Waals surface area contributed by atoms with E-state index in [-0.39, 0.29) is 11.3 Å². The number of rotatable bonds is 5. The van der Waals surface area contributed by atoms with Crippen LogP contribution < -0.4 is 0 Å². The highest BCUT2D eigenvalue weighted by Crippen LogP contribution is 2.24. The first-order valence-electron chi connectivity index (χ1n) is 6.40. The molecule has 0 N–H and O–H groups in total. The summed E-state index contributed by atoms with van der Waals surface area (Å²) in [4.78, 5) is 19.9. The topological polar surface area (TPSA) is 42.4 Å². The third kappa shape index (κ3) is 2.79. The number of Topliss-reactive ketones (excluding diaryl/α,β-unsaturated/α-hetero) is 1. The lowest BCUT2D eigenvalue weighted by Crippen LogP contribution is -2.56. The summed E-state index contributed by atoms with van der Waals surface area (Å²) in [5, 5.41) is 0. The fourth-order valence-electron chi connectivity index (χ4n) is 2.33. The number of carbonyl (C=O) groups is 1. The number of ether oxygens (including phenoxy) is 1. The highest BCUT2D eigenvalue weighted by molar-refractivity contribution is 7.09. The molecule has 0 amide bonds. The molecule has 0 radical (unpaired) electrons. The third-order valence-electron chi connectivity index (χ3n) is 3.82. The van der Waals surface area contributed by atoms with E-state index in [2.05, 4.69) is 23.7 Å². The zero-order valence-electron chi connectivity index (χ0n) is 11.0. The Hall–Kier alpha value is -0.780. The van der Waals surface area contributed by atoms with Crippen LogP contribution >= 0.6 is 11.3 Å². The Morgan fingerprint density at radius 2 is 2.28 bits per heavy atom. The van der Waals surface area contributed by atoms with Crippen LogP contribution in [0.5, 0.6) is 0 Å². The van der Waals surface area contributed by atoms with Crippen LogP contribution in [0.1, 0.15) is 25.1 Å². The summed E-state index contributed by atoms with van der Waals surface area (Å²) < 4.78 is 5.36. The van der Waals surface area contributed by atoms with E-state index < -0.39 is 0 Å². The molecule has 1 atom stereocenters. The maximum absolute atomic E-state index is 12.6. The second-order valence-electron chi connectivity index (χ2n) is 4.79. The van der Waals surface area contributed by atoms with Crippen LogP contribution in [0.4, 0.5) is 0 Å². The first-order valence-corrected chi connectivity index (χ1v) is 7.28. The molecule has 1 unspecified atom stereocenters. The Labute approximate surface area is 112 Å². The van der Waals surface area contributed by atoms with E-state index in [1.54, 1.807) is 23.0 Å². The molecule has 1 aliphatic heterocycles. The van der Waals surface area contributed by atoms with Crippen LogP contribution in [0, 0.1) is 0 Å². The van der Waals surface area contributed by atoms with Crippen molar-refractivity contribution in [2.75, 3.05) is 26.3 Å². The Bertz CT molecular complexity index is 388. The average Bonchev–Trinajstić information content (AvgIpc) is 2.91. The lowest BCUT2D eigenvalue weighted by atomic mass is 9.88. The number of hydrogen-bond donors (Lipinski definition) is 0. The summed E-state index contributed by atoms with van der Waals surface area (Å²) in [5.74, 6) is 0.288. The second kappa shape index (κ2) is 5.91. The van der Waals surface area contributed by atoms with E-state index in [0.717, 1.165) is 37.6 Å². The molecule has 0 aromatic carbocycles. The van der Waals surface area contributed by atoms with Gasteiger partial charge in [-0.25, -0.2) is 0 Å². The monoisotopic (exact) mass is 268 g/mol. The molecule has 0 aliphatic carbocycles. The van der Waals surface area contributed by atoms with Gasteiger partial charge in [-0.15, -0.1) is 11.3 Å². The molecular weight excluding hydrogens is 248 g/mol. The van der Waals surface area contributed by atoms with E-state index in [0.29, 0.717) is 6.42 Å². The maximum atomic E-state index is 12.6. The molecule has 1 aromatic rings. The van der Waals surface area contributed by atoms with Gasteiger partial charge >= 0.3 is 0 Å². The summed E-state index contributed by atoms with van der Waals surface area (Å²) in [6, 6.07) is 0. The highest BCUT2D eigenvalue weighted by atomic mass is 32.1. The van der Waals surface area contributed by atoms with Gasteiger partial charge in [-0.2, -0.15) is 0 Å². The first-order chi connectivity index (χ1) is 8.66. The largest absolute Gasteiger partial charge is 0.379 e. The lowest BCUT2D eigenvalue weighted by Gasteiger charge is -2.41. The summed E-state index contributed by atoms with van der Waals surface area (Å²) in [5.41, 5.74) is 1.41. The van der Waals surface area contributed by atoms with Gasteiger partial charge in [0, 0.05) is 30.6 Å². The predicted molar refractivity (Wildman–Crippen MR) is 71.9 cm³/mol. The van der Waals surface area contributed by atoms with Gasteiger partial charge in [0.25, 0.3) is 0 Å². The summed E-state index contributed by atoms with van der Waals surface area (Å²) in [7, 11) is 0. The second-order valence-corrected chi connectivity index (χ2v) is 5.77. The lowest BCUT2D eigenvalue weighted by molar-refractivity contribution is -0.133. The number of carbonyl (C=O) groups excluding carboxylic acids is 1. The molecule has 0 saturated carbocycles. The maximum Gasteiger partial charge on any atom is 0.158 e. The number of ketones is 1. The normalized spacial score (nSPS) is 20.6. The van der Waals surface area contributed by atoms with E-state index >= 15 is 0 Å². The first kappa shape index (κ1) is 13.6. The standard InChI is InChI=1S/C13H20N2O2S/c1-3-13(2,15-4-6-17-7-5-15)12(16)8-11-9-14-10-18-11/h9-10H,3-8H2,1-2H3. The van der Waals surface area contributed by atoms with Gasteiger partial charge in [0.15, 0.2) is 5.78 Å². The van der Waals surface area contributed by atoms with Gasteiger partial charge in [0.05, 0.1) is 24.3 Å². The van der Waals surface area contributed by atoms with Gasteiger partial charge in [0.2, 0.25) is 0 Å². The van der Waals surface area contributed by atoms with Gasteiger partial charge in [-0.05, 0) is 13.3 Å². The molecule has 1 fully saturated rings. The average molecular weight is 268 g/mol. The summed E-state index contributed by atoms with van der Waals surface area (Å²) in [6.07, 6.45) is 3.12. The molecule has 2 rings (SSSR count). The van der Waals surface area contributed by atoms with Gasteiger partial charge in [-0.3, -0.25) is 14.7 Å². The third-order valence-corrected chi connectivity index (χ3v) is 4.60. The Balaban J connectivity index is 2.07. The minimum atomic E-state index is -0.367. The Kier molecular flexibility index (Phi) is 4.48. The van der Waals surface area contributed by atoms with Crippen molar-refractivity contribution in [3.63, 3.8) is 0 Å². The smallest absolute Gasteiger partial charge is 0.158 e. The molecule has 2 heterocycles. The van der Waals surface area contributed by atoms with Crippen molar-refractivity contribution in [2.45, 2.75) is 32.2 Å². The molecule has 1 aromatic heterocycles. The fraction of sp³-hybridized carbons (Fsp3) is 0.692. The minimum Gasteiger partial charge on any atom is -0.379 e. The van der Waals surface area contributed by atoms with Crippen molar-refractivity contribution >= 4 is 17.1 Å². The van der Waals surface area contributed by atoms with Crippen molar-refractivity contribution in [2.24, 2.45) is 0 Å². The molecule has 0 bridgehead atoms. The molecule has 18 heavy (non-hydrogen) atoms. The zero-order chi connectivity index (χ0) is 13.0. The van der Waals surface area contributed by atoms with Crippen molar-refractivity contribution in [1.29, 1.82) is 0 Å². The van der Waals surface area contributed by atoms with Crippen LogP contribution in [0.25, 0.3) is 0 Å². The molecule has 100 valence electrons. The van der Waals surface area contributed by atoms with Crippen molar-refractivity contribution in [3.8, 4) is 0 Å². The number of aromatic nitrogens is 1.